The van der Waals surface area contributed by atoms with Crippen LogP contribution in [0.4, 0.5) is 10.1 Å². The Morgan fingerprint density at radius 3 is 2.33 bits per heavy atom. The first-order valence-corrected chi connectivity index (χ1v) is 14.3. The van der Waals surface area contributed by atoms with Crippen molar-refractivity contribution in [1.29, 1.82) is 0 Å². The Hall–Kier alpha value is -4.61. The van der Waals surface area contributed by atoms with Crippen molar-refractivity contribution in [3.8, 4) is 17.2 Å². The van der Waals surface area contributed by atoms with E-state index in [9.17, 15) is 17.6 Å². The van der Waals surface area contributed by atoms with Crippen molar-refractivity contribution in [2.75, 3.05) is 25.1 Å². The van der Waals surface area contributed by atoms with Crippen molar-refractivity contribution in [3.05, 3.63) is 113 Å². The van der Waals surface area contributed by atoms with Gasteiger partial charge in [0.15, 0.2) is 11.5 Å². The van der Waals surface area contributed by atoms with E-state index in [1.807, 2.05) is 18.2 Å². The molecule has 1 N–H and O–H groups in total. The van der Waals surface area contributed by atoms with Crippen LogP contribution in [0.5, 0.6) is 17.2 Å². The van der Waals surface area contributed by atoms with Gasteiger partial charge in [0.25, 0.3) is 15.9 Å². The maximum Gasteiger partial charge on any atom is 0.264 e. The van der Waals surface area contributed by atoms with Crippen LogP contribution in [-0.2, 0) is 21.4 Å². The summed E-state index contributed by atoms with van der Waals surface area (Å²) in [7, 11) is -1.49. The predicted octanol–water partition coefficient (Wildman–Crippen LogP) is 5.42. The Balaban J connectivity index is 1.44. The van der Waals surface area contributed by atoms with Crippen LogP contribution in [-0.4, -0.2) is 41.3 Å². The molecular weight excluding hydrogens is 585 g/mol. The van der Waals surface area contributed by atoms with Crippen molar-refractivity contribution < 1.29 is 31.8 Å². The number of carbonyl (C=O) groups is 1. The minimum Gasteiger partial charge on any atom is -0.493 e. The smallest absolute Gasteiger partial charge is 0.264 e. The van der Waals surface area contributed by atoms with Crippen molar-refractivity contribution in [2.45, 2.75) is 11.5 Å². The standard InChI is InChI=1S/C30H27ClFN3O6S/c1-39-28-15-14-27(17-29(28)40-2)42(37,38)35(25-10-8-24(32)9-11-25)19-30(36)34-33-18-21-6-12-26(13-7-21)41-20-22-4-3-5-23(31)16-22/h3-18H,19-20H2,1-2H3,(H,34,36)/b33-18-. The molecule has 4 aromatic rings. The molecule has 0 saturated heterocycles. The number of rotatable bonds is 12. The number of benzene rings is 4. The lowest BCUT2D eigenvalue weighted by atomic mass is 10.2. The summed E-state index contributed by atoms with van der Waals surface area (Å²) in [6.07, 6.45) is 1.41. The number of hydrogen-bond acceptors (Lipinski definition) is 7. The summed E-state index contributed by atoms with van der Waals surface area (Å²) >= 11 is 6.00. The number of carbonyl (C=O) groups excluding carboxylic acids is 1. The Morgan fingerprint density at radius 1 is 0.952 bits per heavy atom. The third-order valence-electron chi connectivity index (χ3n) is 5.92. The molecule has 0 fully saturated rings. The number of nitrogens with zero attached hydrogens (tertiary/aromatic N) is 2. The number of nitrogens with one attached hydrogen (secondary N) is 1. The summed E-state index contributed by atoms with van der Waals surface area (Å²) in [6.45, 7) is -0.281. The first-order chi connectivity index (χ1) is 20.2. The third kappa shape index (κ3) is 7.77. The van der Waals surface area contributed by atoms with Crippen LogP contribution in [0.25, 0.3) is 0 Å². The maximum atomic E-state index is 13.6. The molecule has 218 valence electrons. The zero-order valence-corrected chi connectivity index (χ0v) is 24.2. The average molecular weight is 612 g/mol. The molecule has 4 aromatic carbocycles. The Morgan fingerprint density at radius 2 is 1.67 bits per heavy atom. The van der Waals surface area contributed by atoms with E-state index in [1.54, 1.807) is 30.3 Å². The van der Waals surface area contributed by atoms with E-state index in [4.69, 9.17) is 25.8 Å². The van der Waals surface area contributed by atoms with E-state index in [0.29, 0.717) is 28.7 Å². The highest BCUT2D eigenvalue weighted by Crippen LogP contribution is 2.32. The first-order valence-electron chi connectivity index (χ1n) is 12.5. The molecule has 9 nitrogen and oxygen atoms in total. The van der Waals surface area contributed by atoms with Crippen LogP contribution in [0, 0.1) is 5.82 Å². The minimum absolute atomic E-state index is 0.0821. The maximum absolute atomic E-state index is 13.6. The molecule has 0 saturated carbocycles. The number of sulfonamides is 1. The van der Waals surface area contributed by atoms with Gasteiger partial charge < -0.3 is 14.2 Å². The van der Waals surface area contributed by atoms with Crippen molar-refractivity contribution in [3.63, 3.8) is 0 Å². The van der Waals surface area contributed by atoms with Gasteiger partial charge in [-0.2, -0.15) is 5.10 Å². The number of hydrogen-bond donors (Lipinski definition) is 1. The number of halogens is 2. The van der Waals surface area contributed by atoms with E-state index < -0.39 is 28.3 Å². The molecule has 0 aromatic heterocycles. The van der Waals surface area contributed by atoms with Crippen molar-refractivity contribution in [1.82, 2.24) is 5.43 Å². The van der Waals surface area contributed by atoms with Crippen molar-refractivity contribution in [2.24, 2.45) is 5.10 Å². The average Bonchev–Trinajstić information content (AvgIpc) is 2.99. The Kier molecular flexibility index (Phi) is 10.00. The number of methoxy groups -OCH3 is 2. The molecule has 0 spiro atoms. The number of amides is 1. The topological polar surface area (TPSA) is 107 Å². The van der Waals surface area contributed by atoms with Gasteiger partial charge in [0.2, 0.25) is 0 Å². The SMILES string of the molecule is COc1ccc(S(=O)(=O)N(CC(=O)N/N=C\c2ccc(OCc3cccc(Cl)c3)cc2)c2ccc(F)cc2)cc1OC. The molecule has 42 heavy (non-hydrogen) atoms. The van der Waals surface area contributed by atoms with Crippen molar-refractivity contribution >= 4 is 39.4 Å². The highest BCUT2D eigenvalue weighted by atomic mass is 35.5. The molecule has 0 aliphatic rings. The van der Waals surface area contributed by atoms with Gasteiger partial charge in [-0.15, -0.1) is 0 Å². The van der Waals surface area contributed by atoms with Crippen LogP contribution in [0.2, 0.25) is 5.02 Å². The second-order valence-corrected chi connectivity index (χ2v) is 11.1. The molecular formula is C30H27ClFN3O6S. The monoisotopic (exact) mass is 611 g/mol. The summed E-state index contributed by atoms with van der Waals surface area (Å²) in [4.78, 5) is 12.7. The highest BCUT2D eigenvalue weighted by molar-refractivity contribution is 7.92. The molecule has 0 atom stereocenters. The van der Waals surface area contributed by atoms with Gasteiger partial charge in [0.1, 0.15) is 24.7 Å². The van der Waals surface area contributed by atoms with E-state index in [2.05, 4.69) is 10.5 Å². The second kappa shape index (κ2) is 13.8. The third-order valence-corrected chi connectivity index (χ3v) is 7.93. The largest absolute Gasteiger partial charge is 0.493 e. The van der Waals surface area contributed by atoms with Crippen LogP contribution in [0.15, 0.2) is 101 Å². The molecule has 12 heteroatoms. The number of anilines is 1. The lowest BCUT2D eigenvalue weighted by molar-refractivity contribution is -0.119. The number of ether oxygens (including phenoxy) is 3. The summed E-state index contributed by atoms with van der Waals surface area (Å²) in [5.74, 6) is -0.130. The fraction of sp³-hybridized carbons (Fsp3) is 0.133. The quantitative estimate of drug-likeness (QED) is 0.169. The molecule has 4 rings (SSSR count). The summed E-state index contributed by atoms with van der Waals surface area (Å²) in [5, 5.41) is 4.57. The summed E-state index contributed by atoms with van der Waals surface area (Å²) in [6, 6.07) is 23.1. The van der Waals surface area contributed by atoms with E-state index >= 15 is 0 Å². The van der Waals surface area contributed by atoms with E-state index in [-0.39, 0.29) is 16.3 Å². The van der Waals surface area contributed by atoms with Crippen LogP contribution in [0.1, 0.15) is 11.1 Å². The van der Waals surface area contributed by atoms with Crippen LogP contribution < -0.4 is 23.9 Å². The van der Waals surface area contributed by atoms with Gasteiger partial charge in [0.05, 0.1) is 31.0 Å². The lowest BCUT2D eigenvalue weighted by Gasteiger charge is -2.24. The highest BCUT2D eigenvalue weighted by Gasteiger charge is 2.28. The molecule has 0 radical (unpaired) electrons. The minimum atomic E-state index is -4.29. The Labute approximate surface area is 248 Å². The van der Waals surface area contributed by atoms with Gasteiger partial charge >= 0.3 is 0 Å². The second-order valence-electron chi connectivity index (χ2n) is 8.79. The zero-order valence-electron chi connectivity index (χ0n) is 22.7. The molecule has 0 bridgehead atoms. The van der Waals surface area contributed by atoms with Crippen LogP contribution in [0.3, 0.4) is 0 Å². The summed E-state index contributed by atoms with van der Waals surface area (Å²) in [5.41, 5.74) is 4.01. The fourth-order valence-corrected chi connectivity index (χ4v) is 5.46. The summed E-state index contributed by atoms with van der Waals surface area (Å²) < 4.78 is 57.8. The van der Waals surface area contributed by atoms with Gasteiger partial charge in [-0.25, -0.2) is 18.2 Å². The first kappa shape index (κ1) is 30.4. The zero-order chi connectivity index (χ0) is 30.1. The van der Waals surface area contributed by atoms with Gasteiger partial charge in [-0.1, -0.05) is 23.7 Å². The van der Waals surface area contributed by atoms with Gasteiger partial charge in [0, 0.05) is 11.1 Å². The molecule has 0 aliphatic carbocycles. The van der Waals surface area contributed by atoms with E-state index in [1.165, 1.54) is 50.8 Å². The van der Waals surface area contributed by atoms with Gasteiger partial charge in [-0.05, 0) is 83.9 Å². The lowest BCUT2D eigenvalue weighted by Crippen LogP contribution is -2.39. The number of hydrazone groups is 1. The van der Waals surface area contributed by atoms with E-state index in [0.717, 1.165) is 22.0 Å². The van der Waals surface area contributed by atoms with Gasteiger partial charge in [-0.3, -0.25) is 9.10 Å². The molecule has 0 aliphatic heterocycles. The predicted molar refractivity (Wildman–Crippen MR) is 158 cm³/mol. The molecule has 0 heterocycles. The fourth-order valence-electron chi connectivity index (χ4n) is 3.81. The normalized spacial score (nSPS) is 11.2. The molecule has 1 amide bonds. The Bertz CT molecular complexity index is 1670. The molecule has 0 unspecified atom stereocenters. The van der Waals surface area contributed by atoms with Crippen LogP contribution >= 0.6 is 11.6 Å².